The van der Waals surface area contributed by atoms with Gasteiger partial charge >= 0.3 is 0 Å². The molecule has 2 N–H and O–H groups in total. The molecule has 2 heterocycles. The maximum absolute atomic E-state index is 12.8. The molecule has 1 aliphatic carbocycles. The molecule has 2 aliphatic rings. The van der Waals surface area contributed by atoms with E-state index in [-0.39, 0.29) is 17.7 Å². The van der Waals surface area contributed by atoms with Gasteiger partial charge in [-0.05, 0) is 54.5 Å². The summed E-state index contributed by atoms with van der Waals surface area (Å²) in [5.41, 5.74) is 8.47. The van der Waals surface area contributed by atoms with Crippen LogP contribution in [0.15, 0.2) is 48.8 Å². The standard InChI is InChI=1S/C23H27N3O2/c24-22(28)23(11-14-26(16-23)21(27)20-3-1-2-4-20)15-17-5-7-18(8-6-17)19-9-12-25-13-10-19/h5-10,12-13,20H,1-4,11,14-16H2,(H2,24,28). The maximum Gasteiger partial charge on any atom is 0.225 e. The highest BCUT2D eigenvalue weighted by molar-refractivity contribution is 5.85. The quantitative estimate of drug-likeness (QED) is 0.869. The Morgan fingerprint density at radius 3 is 2.32 bits per heavy atom. The summed E-state index contributed by atoms with van der Waals surface area (Å²) in [5.74, 6) is 0.0596. The van der Waals surface area contributed by atoms with E-state index in [0.717, 1.165) is 42.4 Å². The van der Waals surface area contributed by atoms with Crippen LogP contribution in [0.25, 0.3) is 11.1 Å². The van der Waals surface area contributed by atoms with Crippen molar-refractivity contribution in [3.05, 3.63) is 54.4 Å². The van der Waals surface area contributed by atoms with Crippen LogP contribution in [0, 0.1) is 11.3 Å². The maximum atomic E-state index is 12.8. The second-order valence-electron chi connectivity index (χ2n) is 8.25. The average Bonchev–Trinajstić information content (AvgIpc) is 3.40. The summed E-state index contributed by atoms with van der Waals surface area (Å²) in [6, 6.07) is 12.2. The lowest BCUT2D eigenvalue weighted by atomic mass is 9.80. The Labute approximate surface area is 165 Å². The lowest BCUT2D eigenvalue weighted by molar-refractivity contribution is -0.135. The number of aromatic nitrogens is 1. The zero-order chi connectivity index (χ0) is 19.6. The summed E-state index contributed by atoms with van der Waals surface area (Å²) in [5, 5.41) is 0. The summed E-state index contributed by atoms with van der Waals surface area (Å²) >= 11 is 0. The van der Waals surface area contributed by atoms with Gasteiger partial charge in [-0.1, -0.05) is 37.1 Å². The summed E-state index contributed by atoms with van der Waals surface area (Å²) < 4.78 is 0. The Balaban J connectivity index is 1.48. The van der Waals surface area contributed by atoms with Gasteiger partial charge in [0.05, 0.1) is 5.41 Å². The average molecular weight is 377 g/mol. The highest BCUT2D eigenvalue weighted by Gasteiger charge is 2.45. The summed E-state index contributed by atoms with van der Waals surface area (Å²) in [7, 11) is 0. The lowest BCUT2D eigenvalue weighted by Gasteiger charge is -2.27. The van der Waals surface area contributed by atoms with Crippen molar-refractivity contribution in [3.63, 3.8) is 0 Å². The summed E-state index contributed by atoms with van der Waals surface area (Å²) in [6.45, 7) is 1.08. The molecule has 2 aromatic rings. The van der Waals surface area contributed by atoms with Gasteiger partial charge in [0.1, 0.15) is 0 Å². The molecular weight excluding hydrogens is 350 g/mol. The molecule has 5 heteroatoms. The number of hydrogen-bond acceptors (Lipinski definition) is 3. The van der Waals surface area contributed by atoms with Crippen molar-refractivity contribution in [2.24, 2.45) is 17.1 Å². The van der Waals surface area contributed by atoms with Crippen molar-refractivity contribution in [2.75, 3.05) is 13.1 Å². The van der Waals surface area contributed by atoms with E-state index in [1.807, 2.05) is 17.0 Å². The third-order valence-corrected chi connectivity index (χ3v) is 6.40. The Morgan fingerprint density at radius 2 is 1.68 bits per heavy atom. The number of carbonyl (C=O) groups is 2. The number of nitrogens with zero attached hydrogens (tertiary/aromatic N) is 2. The van der Waals surface area contributed by atoms with Crippen molar-refractivity contribution < 1.29 is 9.59 Å². The molecule has 1 aliphatic heterocycles. The van der Waals surface area contributed by atoms with Gasteiger partial charge in [-0.25, -0.2) is 0 Å². The van der Waals surface area contributed by atoms with Crippen LogP contribution >= 0.6 is 0 Å². The predicted molar refractivity (Wildman–Crippen MR) is 108 cm³/mol. The van der Waals surface area contributed by atoms with Crippen molar-refractivity contribution in [1.29, 1.82) is 0 Å². The van der Waals surface area contributed by atoms with E-state index < -0.39 is 5.41 Å². The third-order valence-electron chi connectivity index (χ3n) is 6.40. The fraction of sp³-hybridized carbons (Fsp3) is 0.435. The molecule has 0 radical (unpaired) electrons. The molecule has 0 bridgehead atoms. The number of nitrogens with two attached hydrogens (primary N) is 1. The van der Waals surface area contributed by atoms with Crippen molar-refractivity contribution in [3.8, 4) is 11.1 Å². The summed E-state index contributed by atoms with van der Waals surface area (Å²) in [6.07, 6.45) is 9.01. The van der Waals surface area contributed by atoms with E-state index in [1.165, 1.54) is 0 Å². The zero-order valence-electron chi connectivity index (χ0n) is 16.1. The Bertz CT molecular complexity index is 844. The van der Waals surface area contributed by atoms with Gasteiger partial charge < -0.3 is 10.6 Å². The number of benzene rings is 1. The van der Waals surface area contributed by atoms with Crippen LogP contribution in [0.4, 0.5) is 0 Å². The second-order valence-corrected chi connectivity index (χ2v) is 8.25. The van der Waals surface area contributed by atoms with E-state index >= 15 is 0 Å². The molecule has 1 saturated heterocycles. The van der Waals surface area contributed by atoms with Crippen LogP contribution < -0.4 is 5.73 Å². The third kappa shape index (κ3) is 3.66. The van der Waals surface area contributed by atoms with Gasteiger partial charge in [0.25, 0.3) is 0 Å². The predicted octanol–water partition coefficient (Wildman–Crippen LogP) is 3.19. The number of hydrogen-bond donors (Lipinski definition) is 1. The Hall–Kier alpha value is -2.69. The minimum atomic E-state index is -0.660. The fourth-order valence-corrected chi connectivity index (χ4v) is 4.67. The van der Waals surface area contributed by atoms with Gasteiger partial charge in [0, 0.05) is 31.4 Å². The van der Waals surface area contributed by atoms with E-state index in [4.69, 9.17) is 5.73 Å². The van der Waals surface area contributed by atoms with Crippen LogP contribution in [-0.4, -0.2) is 34.8 Å². The number of pyridine rings is 1. The molecule has 0 spiro atoms. The normalized spacial score (nSPS) is 22.5. The molecular formula is C23H27N3O2. The number of primary amides is 1. The molecule has 1 atom stereocenters. The van der Waals surface area contributed by atoms with Crippen molar-refractivity contribution >= 4 is 11.8 Å². The van der Waals surface area contributed by atoms with E-state index in [1.54, 1.807) is 12.4 Å². The minimum absolute atomic E-state index is 0.142. The molecule has 2 fully saturated rings. The number of carbonyl (C=O) groups excluding carboxylic acids is 2. The van der Waals surface area contributed by atoms with E-state index in [2.05, 4.69) is 29.2 Å². The van der Waals surface area contributed by atoms with Crippen molar-refractivity contribution in [1.82, 2.24) is 9.88 Å². The first-order valence-corrected chi connectivity index (χ1v) is 10.2. The van der Waals surface area contributed by atoms with Crippen molar-refractivity contribution in [2.45, 2.75) is 38.5 Å². The van der Waals surface area contributed by atoms with Crippen LogP contribution in [0.1, 0.15) is 37.7 Å². The minimum Gasteiger partial charge on any atom is -0.369 e. The molecule has 1 saturated carbocycles. The second kappa shape index (κ2) is 7.74. The number of likely N-dealkylation sites (tertiary alicyclic amines) is 1. The molecule has 1 aromatic heterocycles. The smallest absolute Gasteiger partial charge is 0.225 e. The lowest BCUT2D eigenvalue weighted by Crippen LogP contribution is -2.43. The number of amides is 2. The molecule has 1 aromatic carbocycles. The van der Waals surface area contributed by atoms with Gasteiger partial charge in [-0.15, -0.1) is 0 Å². The van der Waals surface area contributed by atoms with Gasteiger partial charge in [0.2, 0.25) is 11.8 Å². The molecule has 1 unspecified atom stereocenters. The Morgan fingerprint density at radius 1 is 1.04 bits per heavy atom. The number of rotatable bonds is 5. The van der Waals surface area contributed by atoms with Crippen LogP contribution in [-0.2, 0) is 16.0 Å². The summed E-state index contributed by atoms with van der Waals surface area (Å²) in [4.78, 5) is 31.1. The highest BCUT2D eigenvalue weighted by atomic mass is 16.2. The zero-order valence-corrected chi connectivity index (χ0v) is 16.1. The molecule has 4 rings (SSSR count). The topological polar surface area (TPSA) is 76.3 Å². The first-order chi connectivity index (χ1) is 13.6. The molecule has 28 heavy (non-hydrogen) atoms. The first-order valence-electron chi connectivity index (χ1n) is 10.2. The molecule has 146 valence electrons. The van der Waals surface area contributed by atoms with Gasteiger partial charge in [-0.3, -0.25) is 14.6 Å². The SMILES string of the molecule is NC(=O)C1(Cc2ccc(-c3ccncc3)cc2)CCN(C(=O)C2CCCC2)C1. The van der Waals surface area contributed by atoms with Gasteiger partial charge in [0.15, 0.2) is 0 Å². The largest absolute Gasteiger partial charge is 0.369 e. The van der Waals surface area contributed by atoms with Crippen LogP contribution in [0.2, 0.25) is 0 Å². The van der Waals surface area contributed by atoms with Crippen LogP contribution in [0.3, 0.4) is 0 Å². The van der Waals surface area contributed by atoms with Crippen LogP contribution in [0.5, 0.6) is 0 Å². The monoisotopic (exact) mass is 377 g/mol. The first kappa shape index (κ1) is 18.7. The highest BCUT2D eigenvalue weighted by Crippen LogP contribution is 2.37. The molecule has 2 amide bonds. The fourth-order valence-electron chi connectivity index (χ4n) is 4.67. The van der Waals surface area contributed by atoms with Gasteiger partial charge in [-0.2, -0.15) is 0 Å². The Kier molecular flexibility index (Phi) is 5.16. The molecule has 5 nitrogen and oxygen atoms in total. The van der Waals surface area contributed by atoms with E-state index in [9.17, 15) is 9.59 Å². The van der Waals surface area contributed by atoms with E-state index in [0.29, 0.717) is 25.9 Å².